The van der Waals surface area contributed by atoms with Crippen molar-refractivity contribution < 1.29 is 4.79 Å². The Morgan fingerprint density at radius 1 is 1.00 bits per heavy atom. The molecule has 3 aromatic rings. The standard InChI is InChI=1S/C23H25N3O2S/c1-5-17-11-13-18(14-12-17)23-25(21(27)16(3)29-23)20-15(2)24(4)26(22(20)28)19-9-7-6-8-10-19/h6-14,16,23H,5H2,1-4H3/t16-,23+/m1/s1. The highest BCUT2D eigenvalue weighted by Crippen LogP contribution is 2.45. The van der Waals surface area contributed by atoms with Crippen molar-refractivity contribution in [1.82, 2.24) is 9.36 Å². The number of carbonyl (C=O) groups excluding carboxylic acids is 1. The Morgan fingerprint density at radius 2 is 1.66 bits per heavy atom. The molecular formula is C23H25N3O2S. The van der Waals surface area contributed by atoms with Crippen LogP contribution in [0, 0.1) is 6.92 Å². The minimum absolute atomic E-state index is 0.0226. The summed E-state index contributed by atoms with van der Waals surface area (Å²) < 4.78 is 3.45. The monoisotopic (exact) mass is 407 g/mol. The third-order valence-corrected chi connectivity index (χ3v) is 6.94. The molecule has 1 saturated heterocycles. The molecule has 0 saturated carbocycles. The maximum Gasteiger partial charge on any atom is 0.295 e. The summed E-state index contributed by atoms with van der Waals surface area (Å²) in [5.41, 5.74) is 4.14. The van der Waals surface area contributed by atoms with Gasteiger partial charge in [0.15, 0.2) is 0 Å². The van der Waals surface area contributed by atoms with Crippen LogP contribution < -0.4 is 10.5 Å². The topological polar surface area (TPSA) is 47.2 Å². The van der Waals surface area contributed by atoms with Crippen LogP contribution in [0.15, 0.2) is 59.4 Å². The van der Waals surface area contributed by atoms with Crippen LogP contribution >= 0.6 is 11.8 Å². The summed E-state index contributed by atoms with van der Waals surface area (Å²) in [4.78, 5) is 28.3. The van der Waals surface area contributed by atoms with Gasteiger partial charge in [-0.1, -0.05) is 49.4 Å². The van der Waals surface area contributed by atoms with Crippen LogP contribution in [0.25, 0.3) is 5.69 Å². The van der Waals surface area contributed by atoms with Gasteiger partial charge in [-0.05, 0) is 43.5 Å². The first-order chi connectivity index (χ1) is 13.9. The van der Waals surface area contributed by atoms with Crippen LogP contribution in [0.5, 0.6) is 0 Å². The summed E-state index contributed by atoms with van der Waals surface area (Å²) in [6.45, 7) is 5.93. The van der Waals surface area contributed by atoms with Crippen molar-refractivity contribution in [2.75, 3.05) is 4.90 Å². The Balaban J connectivity index is 1.85. The first kappa shape index (κ1) is 19.6. The number of aryl methyl sites for hydroxylation is 1. The lowest BCUT2D eigenvalue weighted by Crippen LogP contribution is -2.34. The molecule has 5 nitrogen and oxygen atoms in total. The minimum atomic E-state index is -0.207. The van der Waals surface area contributed by atoms with E-state index < -0.39 is 0 Å². The number of benzene rings is 2. The summed E-state index contributed by atoms with van der Waals surface area (Å²) in [6, 6.07) is 17.9. The minimum Gasteiger partial charge on any atom is -0.288 e. The second kappa shape index (κ2) is 7.59. The number of rotatable bonds is 4. The first-order valence-electron chi connectivity index (χ1n) is 9.85. The summed E-state index contributed by atoms with van der Waals surface area (Å²) in [7, 11) is 1.86. The highest BCUT2D eigenvalue weighted by Gasteiger charge is 2.42. The van der Waals surface area contributed by atoms with E-state index in [-0.39, 0.29) is 22.1 Å². The van der Waals surface area contributed by atoms with Gasteiger partial charge >= 0.3 is 0 Å². The predicted octanol–water partition coefficient (Wildman–Crippen LogP) is 4.21. The predicted molar refractivity (Wildman–Crippen MR) is 119 cm³/mol. The summed E-state index contributed by atoms with van der Waals surface area (Å²) in [5.74, 6) is -0.0226. The zero-order valence-corrected chi connectivity index (χ0v) is 17.9. The largest absolute Gasteiger partial charge is 0.295 e. The van der Waals surface area contributed by atoms with Crippen molar-refractivity contribution in [1.29, 1.82) is 0 Å². The zero-order chi connectivity index (χ0) is 20.7. The van der Waals surface area contributed by atoms with Gasteiger partial charge in [0.25, 0.3) is 5.56 Å². The van der Waals surface area contributed by atoms with Gasteiger partial charge in [-0.3, -0.25) is 19.2 Å². The summed E-state index contributed by atoms with van der Waals surface area (Å²) in [5, 5.41) is -0.406. The van der Waals surface area contributed by atoms with E-state index in [2.05, 4.69) is 31.2 Å². The molecule has 0 aliphatic carbocycles. The molecule has 6 heteroatoms. The fraction of sp³-hybridized carbons (Fsp3) is 0.304. The van der Waals surface area contributed by atoms with Crippen molar-refractivity contribution >= 4 is 23.4 Å². The van der Waals surface area contributed by atoms with Crippen molar-refractivity contribution in [3.05, 3.63) is 81.8 Å². The first-order valence-corrected chi connectivity index (χ1v) is 10.8. The second-order valence-electron chi connectivity index (χ2n) is 7.34. The van der Waals surface area contributed by atoms with E-state index in [1.807, 2.05) is 55.9 Å². The molecule has 0 bridgehead atoms. The Labute approximate surface area is 174 Å². The SMILES string of the molecule is CCc1ccc([C@@H]2S[C@H](C)C(=O)N2c2c(C)n(C)n(-c3ccccc3)c2=O)cc1. The summed E-state index contributed by atoms with van der Waals surface area (Å²) >= 11 is 1.59. The molecule has 29 heavy (non-hydrogen) atoms. The van der Waals surface area contributed by atoms with Crippen LogP contribution in [0.4, 0.5) is 5.69 Å². The lowest BCUT2D eigenvalue weighted by Gasteiger charge is -2.23. The zero-order valence-electron chi connectivity index (χ0n) is 17.1. The fourth-order valence-electron chi connectivity index (χ4n) is 3.83. The number of nitrogens with zero attached hydrogens (tertiary/aromatic N) is 3. The number of para-hydroxylation sites is 1. The normalized spacial score (nSPS) is 19.2. The number of thioether (sulfide) groups is 1. The fourth-order valence-corrected chi connectivity index (χ4v) is 5.09. The number of amides is 1. The van der Waals surface area contributed by atoms with Gasteiger partial charge in [0.1, 0.15) is 11.1 Å². The van der Waals surface area contributed by atoms with E-state index in [1.165, 1.54) is 5.56 Å². The van der Waals surface area contributed by atoms with Gasteiger partial charge in [-0.2, -0.15) is 0 Å². The number of hydrogen-bond donors (Lipinski definition) is 0. The smallest absolute Gasteiger partial charge is 0.288 e. The van der Waals surface area contributed by atoms with E-state index in [0.717, 1.165) is 23.4 Å². The molecule has 1 aromatic heterocycles. The molecule has 0 radical (unpaired) electrons. The van der Waals surface area contributed by atoms with E-state index in [4.69, 9.17) is 0 Å². The number of aromatic nitrogens is 2. The van der Waals surface area contributed by atoms with Gasteiger partial charge < -0.3 is 0 Å². The third-order valence-electron chi connectivity index (χ3n) is 5.59. The van der Waals surface area contributed by atoms with Crippen LogP contribution in [0.2, 0.25) is 0 Å². The quantitative estimate of drug-likeness (QED) is 0.651. The van der Waals surface area contributed by atoms with E-state index in [0.29, 0.717) is 5.69 Å². The van der Waals surface area contributed by atoms with Gasteiger partial charge in [-0.25, -0.2) is 4.68 Å². The van der Waals surface area contributed by atoms with Crippen LogP contribution in [-0.2, 0) is 18.3 Å². The maximum atomic E-state index is 13.5. The van der Waals surface area contributed by atoms with E-state index >= 15 is 0 Å². The molecule has 1 aliphatic rings. The highest BCUT2D eigenvalue weighted by molar-refractivity contribution is 8.01. The molecule has 1 fully saturated rings. The lowest BCUT2D eigenvalue weighted by atomic mass is 10.1. The second-order valence-corrected chi connectivity index (χ2v) is 8.77. The number of carbonyl (C=O) groups is 1. The maximum absolute atomic E-state index is 13.5. The molecule has 150 valence electrons. The molecule has 0 N–H and O–H groups in total. The Bertz CT molecular complexity index is 1100. The molecule has 2 atom stereocenters. The number of anilines is 1. The lowest BCUT2D eigenvalue weighted by molar-refractivity contribution is -0.117. The highest BCUT2D eigenvalue weighted by atomic mass is 32.2. The van der Waals surface area contributed by atoms with Crippen molar-refractivity contribution in [2.45, 2.75) is 37.8 Å². The molecule has 2 heterocycles. The average molecular weight is 408 g/mol. The van der Waals surface area contributed by atoms with Gasteiger partial charge in [0.05, 0.1) is 16.6 Å². The van der Waals surface area contributed by atoms with E-state index in [1.54, 1.807) is 21.3 Å². The van der Waals surface area contributed by atoms with Crippen LogP contribution in [0.1, 0.15) is 36.0 Å². The van der Waals surface area contributed by atoms with Crippen LogP contribution in [0.3, 0.4) is 0 Å². The molecule has 1 amide bonds. The van der Waals surface area contributed by atoms with Gasteiger partial charge in [-0.15, -0.1) is 11.8 Å². The van der Waals surface area contributed by atoms with Crippen molar-refractivity contribution in [3.8, 4) is 5.69 Å². The van der Waals surface area contributed by atoms with E-state index in [9.17, 15) is 9.59 Å². The van der Waals surface area contributed by atoms with Crippen molar-refractivity contribution in [2.24, 2.45) is 7.05 Å². The molecular weight excluding hydrogens is 382 g/mol. The van der Waals surface area contributed by atoms with Gasteiger partial charge in [0.2, 0.25) is 5.91 Å². The Hall–Kier alpha value is -2.73. The van der Waals surface area contributed by atoms with Gasteiger partial charge in [0, 0.05) is 7.05 Å². The Morgan fingerprint density at radius 3 is 2.28 bits per heavy atom. The molecule has 0 unspecified atom stereocenters. The molecule has 2 aromatic carbocycles. The Kier molecular flexibility index (Phi) is 5.13. The van der Waals surface area contributed by atoms with Crippen LogP contribution in [-0.4, -0.2) is 20.5 Å². The van der Waals surface area contributed by atoms with Crippen molar-refractivity contribution in [3.63, 3.8) is 0 Å². The molecule has 4 rings (SSSR count). The molecule has 0 spiro atoms. The molecule has 1 aliphatic heterocycles. The summed E-state index contributed by atoms with van der Waals surface area (Å²) in [6.07, 6.45) is 0.969. The average Bonchev–Trinajstić information content (AvgIpc) is 3.15. The third kappa shape index (κ3) is 3.21. The number of hydrogen-bond acceptors (Lipinski definition) is 3.